The van der Waals surface area contributed by atoms with E-state index < -0.39 is 36.2 Å². The largest absolute Gasteiger partial charge is 0.481 e. The number of nitrogens with zero attached hydrogens (tertiary/aromatic N) is 1. The number of anilines is 1. The van der Waals surface area contributed by atoms with Crippen molar-refractivity contribution in [2.75, 3.05) is 5.32 Å². The molecule has 0 heterocycles. The molecule has 21 heavy (non-hydrogen) atoms. The fourth-order valence-electron chi connectivity index (χ4n) is 1.39. The van der Waals surface area contributed by atoms with Crippen LogP contribution in [-0.2, 0) is 9.59 Å². The maximum atomic E-state index is 13.1. The van der Waals surface area contributed by atoms with Crippen LogP contribution in [0.3, 0.4) is 0 Å². The zero-order valence-corrected chi connectivity index (χ0v) is 10.5. The lowest BCUT2D eigenvalue weighted by Crippen LogP contribution is -2.44. The number of urea groups is 1. The summed E-state index contributed by atoms with van der Waals surface area (Å²) in [6.07, 6.45) is -0.796. The minimum atomic E-state index is -1.61. The molecule has 1 aromatic rings. The van der Waals surface area contributed by atoms with Gasteiger partial charge in [-0.15, -0.1) is 0 Å². The molecule has 110 valence electrons. The molecule has 8 nitrogen and oxygen atoms in total. The van der Waals surface area contributed by atoms with E-state index in [-0.39, 0.29) is 11.3 Å². The monoisotopic (exact) mass is 295 g/mol. The summed E-state index contributed by atoms with van der Waals surface area (Å²) in [6, 6.07) is 2.16. The lowest BCUT2D eigenvalue weighted by Gasteiger charge is -2.13. The molecule has 0 aliphatic heterocycles. The Morgan fingerprint density at radius 2 is 2.00 bits per heavy atom. The molecule has 0 aliphatic carbocycles. The minimum absolute atomic E-state index is 0.0601. The van der Waals surface area contributed by atoms with Gasteiger partial charge in [0.05, 0.1) is 12.0 Å². The van der Waals surface area contributed by atoms with Crippen LogP contribution in [0.5, 0.6) is 0 Å². The van der Waals surface area contributed by atoms with Gasteiger partial charge in [0.15, 0.2) is 0 Å². The highest BCUT2D eigenvalue weighted by Gasteiger charge is 2.23. The number of halogens is 1. The van der Waals surface area contributed by atoms with E-state index in [1.54, 1.807) is 6.07 Å². The van der Waals surface area contributed by atoms with E-state index in [0.29, 0.717) is 0 Å². The van der Waals surface area contributed by atoms with Crippen molar-refractivity contribution in [3.05, 3.63) is 29.6 Å². The van der Waals surface area contributed by atoms with Crippen molar-refractivity contribution in [2.45, 2.75) is 12.5 Å². The Morgan fingerprint density at radius 1 is 1.33 bits per heavy atom. The van der Waals surface area contributed by atoms with Crippen LogP contribution < -0.4 is 10.6 Å². The lowest BCUT2D eigenvalue weighted by atomic mass is 10.2. The van der Waals surface area contributed by atoms with E-state index in [4.69, 9.17) is 15.5 Å². The molecule has 0 saturated carbocycles. The SMILES string of the molecule is N#Cc1cc(NC(=O)N[C@H](CC(=O)O)C(=O)O)ccc1F. The van der Waals surface area contributed by atoms with Gasteiger partial charge in [0.1, 0.15) is 17.9 Å². The van der Waals surface area contributed by atoms with Crippen LogP contribution in [0.25, 0.3) is 0 Å². The predicted molar refractivity (Wildman–Crippen MR) is 66.9 cm³/mol. The number of carboxylic acids is 2. The zero-order valence-electron chi connectivity index (χ0n) is 10.5. The fraction of sp³-hybridized carbons (Fsp3) is 0.167. The zero-order chi connectivity index (χ0) is 16.0. The van der Waals surface area contributed by atoms with E-state index in [1.165, 1.54) is 6.07 Å². The van der Waals surface area contributed by atoms with Crippen LogP contribution in [0, 0.1) is 17.1 Å². The van der Waals surface area contributed by atoms with Gasteiger partial charge in [-0.2, -0.15) is 5.26 Å². The van der Waals surface area contributed by atoms with Gasteiger partial charge in [0.2, 0.25) is 0 Å². The Morgan fingerprint density at radius 3 is 2.52 bits per heavy atom. The number of rotatable bonds is 5. The molecule has 2 amide bonds. The van der Waals surface area contributed by atoms with Crippen LogP contribution in [0.4, 0.5) is 14.9 Å². The first-order valence-electron chi connectivity index (χ1n) is 5.55. The summed E-state index contributed by atoms with van der Waals surface area (Å²) in [4.78, 5) is 32.8. The van der Waals surface area contributed by atoms with E-state index in [1.807, 2.05) is 5.32 Å². The summed E-state index contributed by atoms with van der Waals surface area (Å²) in [7, 11) is 0. The average molecular weight is 295 g/mol. The summed E-state index contributed by atoms with van der Waals surface area (Å²) >= 11 is 0. The topological polar surface area (TPSA) is 140 Å². The van der Waals surface area contributed by atoms with Crippen LogP contribution in [0.1, 0.15) is 12.0 Å². The number of hydrogen-bond donors (Lipinski definition) is 4. The highest BCUT2D eigenvalue weighted by molar-refractivity contribution is 5.93. The van der Waals surface area contributed by atoms with Crippen molar-refractivity contribution in [2.24, 2.45) is 0 Å². The summed E-state index contributed by atoms with van der Waals surface area (Å²) in [5.74, 6) is -3.67. The Labute approximate surface area is 117 Å². The summed E-state index contributed by atoms with van der Waals surface area (Å²) in [5, 5.41) is 30.0. The molecular weight excluding hydrogens is 285 g/mol. The molecule has 0 radical (unpaired) electrons. The number of carboxylic acid groups (broad SMARTS) is 2. The number of carbonyl (C=O) groups excluding carboxylic acids is 1. The van der Waals surface area contributed by atoms with Crippen LogP contribution in [-0.4, -0.2) is 34.2 Å². The second kappa shape index (κ2) is 6.85. The van der Waals surface area contributed by atoms with Crippen molar-refractivity contribution in [3.8, 4) is 6.07 Å². The molecular formula is C12H10FN3O5. The Hall–Kier alpha value is -3.15. The van der Waals surface area contributed by atoms with Gasteiger partial charge in [0.25, 0.3) is 0 Å². The van der Waals surface area contributed by atoms with Gasteiger partial charge >= 0.3 is 18.0 Å². The normalized spacial score (nSPS) is 11.0. The van der Waals surface area contributed by atoms with Crippen molar-refractivity contribution < 1.29 is 29.0 Å². The molecule has 0 aliphatic rings. The highest BCUT2D eigenvalue weighted by Crippen LogP contribution is 2.13. The first-order valence-corrected chi connectivity index (χ1v) is 5.55. The summed E-state index contributed by atoms with van der Waals surface area (Å²) in [6.45, 7) is 0. The second-order valence-corrected chi connectivity index (χ2v) is 3.89. The number of carbonyl (C=O) groups is 3. The molecule has 1 rings (SSSR count). The van der Waals surface area contributed by atoms with Gasteiger partial charge in [0, 0.05) is 5.69 Å². The Balaban J connectivity index is 2.74. The number of nitriles is 1. The molecule has 0 saturated heterocycles. The third-order valence-corrected chi connectivity index (χ3v) is 2.33. The molecule has 0 fully saturated rings. The third kappa shape index (κ3) is 4.79. The summed E-state index contributed by atoms with van der Waals surface area (Å²) < 4.78 is 13.1. The first-order chi connectivity index (χ1) is 9.83. The standard InChI is InChI=1S/C12H10FN3O5/c13-8-2-1-7(3-6(8)5-14)15-12(21)16-9(11(19)20)4-10(17)18/h1-3,9H,4H2,(H,17,18)(H,19,20)(H2,15,16,21)/t9-/m1/s1. The lowest BCUT2D eigenvalue weighted by molar-refractivity contribution is -0.145. The number of aliphatic carboxylic acids is 2. The van der Waals surface area contributed by atoms with Crippen LogP contribution in [0.2, 0.25) is 0 Å². The Kier molecular flexibility index (Phi) is 5.19. The molecule has 4 N–H and O–H groups in total. The molecule has 0 aromatic heterocycles. The number of benzene rings is 1. The molecule has 0 bridgehead atoms. The molecule has 0 spiro atoms. The second-order valence-electron chi connectivity index (χ2n) is 3.89. The average Bonchev–Trinajstić information content (AvgIpc) is 2.39. The number of amides is 2. The molecule has 1 atom stereocenters. The van der Waals surface area contributed by atoms with Gasteiger partial charge < -0.3 is 20.8 Å². The van der Waals surface area contributed by atoms with E-state index >= 15 is 0 Å². The van der Waals surface area contributed by atoms with Crippen molar-refractivity contribution in [1.29, 1.82) is 5.26 Å². The van der Waals surface area contributed by atoms with Crippen molar-refractivity contribution >= 4 is 23.7 Å². The van der Waals surface area contributed by atoms with E-state index in [2.05, 4.69) is 5.32 Å². The maximum absolute atomic E-state index is 13.1. The minimum Gasteiger partial charge on any atom is -0.481 e. The van der Waals surface area contributed by atoms with Gasteiger partial charge in [-0.05, 0) is 18.2 Å². The number of hydrogen-bond acceptors (Lipinski definition) is 4. The third-order valence-electron chi connectivity index (χ3n) is 2.33. The first kappa shape index (κ1) is 15.9. The maximum Gasteiger partial charge on any atom is 0.326 e. The molecule has 1 aromatic carbocycles. The highest BCUT2D eigenvalue weighted by atomic mass is 19.1. The molecule has 9 heteroatoms. The van der Waals surface area contributed by atoms with E-state index in [9.17, 15) is 18.8 Å². The van der Waals surface area contributed by atoms with Gasteiger partial charge in [-0.25, -0.2) is 14.0 Å². The van der Waals surface area contributed by atoms with Crippen molar-refractivity contribution in [1.82, 2.24) is 5.32 Å². The Bertz CT molecular complexity index is 626. The number of nitrogens with one attached hydrogen (secondary N) is 2. The fourth-order valence-corrected chi connectivity index (χ4v) is 1.39. The summed E-state index contributed by atoms with van der Waals surface area (Å²) in [5.41, 5.74) is -0.238. The van der Waals surface area contributed by atoms with Crippen molar-refractivity contribution in [3.63, 3.8) is 0 Å². The van der Waals surface area contributed by atoms with E-state index in [0.717, 1.165) is 12.1 Å². The molecule has 0 unspecified atom stereocenters. The predicted octanol–water partition coefficient (Wildman–Crippen LogP) is 0.747. The van der Waals surface area contributed by atoms with Gasteiger partial charge in [-0.1, -0.05) is 0 Å². The smallest absolute Gasteiger partial charge is 0.326 e. The van der Waals surface area contributed by atoms with Crippen LogP contribution in [0.15, 0.2) is 18.2 Å². The van der Waals surface area contributed by atoms with Gasteiger partial charge in [-0.3, -0.25) is 4.79 Å². The van der Waals surface area contributed by atoms with Crippen LogP contribution >= 0.6 is 0 Å². The quantitative estimate of drug-likeness (QED) is 0.632.